The zero-order valence-corrected chi connectivity index (χ0v) is 26.6. The van der Waals surface area contributed by atoms with E-state index >= 15 is 0 Å². The summed E-state index contributed by atoms with van der Waals surface area (Å²) < 4.78 is 0. The number of allylic oxidation sites excluding steroid dienone is 1. The number of rotatable bonds is 11. The van der Waals surface area contributed by atoms with Crippen LogP contribution in [0.3, 0.4) is 0 Å². The molecule has 46 heavy (non-hydrogen) atoms. The minimum atomic E-state index is -0.742. The first-order valence-corrected chi connectivity index (χ1v) is 15.9. The Morgan fingerprint density at radius 2 is 1.85 bits per heavy atom. The van der Waals surface area contributed by atoms with Crippen molar-refractivity contribution in [2.45, 2.75) is 31.7 Å². The molecule has 3 heterocycles. The number of benzene rings is 2. The molecule has 2 aliphatic heterocycles. The molecule has 1 aromatic heterocycles. The Morgan fingerprint density at radius 1 is 1.09 bits per heavy atom. The number of carbonyl (C=O) groups excluding carboxylic acids is 4. The lowest BCUT2D eigenvalue weighted by Gasteiger charge is -2.40. The van der Waals surface area contributed by atoms with Gasteiger partial charge < -0.3 is 36.6 Å². The van der Waals surface area contributed by atoms with Crippen molar-refractivity contribution in [2.75, 3.05) is 33.2 Å². The van der Waals surface area contributed by atoms with Gasteiger partial charge in [-0.25, -0.2) is 0 Å². The molecule has 5 rings (SSSR count). The van der Waals surface area contributed by atoms with Crippen LogP contribution in [0.2, 0.25) is 5.02 Å². The average molecular weight is 646 g/mol. The molecule has 12 heteroatoms. The predicted molar refractivity (Wildman–Crippen MR) is 177 cm³/mol. The molecule has 0 aliphatic carbocycles. The lowest BCUT2D eigenvalue weighted by atomic mass is 9.79. The standard InChI is InChI=1S/C34H40ClN7O4/c1-38-33(45)29(9-5-8-21-6-3-2-4-7-21)40-32(44)27-20-41(17-23-18-42(19-26(23)27)34(46)28(37)12-13-36)31(43)14-22-16-39-30-15-24(35)10-11-25(22)30/h2-4,6-7,10-13,15-16,23,26-27,29,36,39H,5,8-9,14,17-20,37H2,1H3,(H,38,45)(H,40,44)/b28-12-,36-13?/t23?,26?,27?,29-/m0/s1. The molecule has 0 spiro atoms. The van der Waals surface area contributed by atoms with Crippen LogP contribution in [0, 0.1) is 23.2 Å². The summed E-state index contributed by atoms with van der Waals surface area (Å²) in [5, 5.41) is 14.4. The summed E-state index contributed by atoms with van der Waals surface area (Å²) in [6, 6.07) is 14.7. The van der Waals surface area contributed by atoms with Crippen molar-refractivity contribution in [1.29, 1.82) is 5.41 Å². The SMILES string of the molecule is CNC(=O)[C@H](CCCc1ccccc1)NC(=O)C1CN(C(=O)Cc2c[nH]c3cc(Cl)ccc23)CC2CN(C(=O)/C(N)=C/C=N)CC21. The maximum absolute atomic E-state index is 14.0. The Labute approximate surface area is 273 Å². The Kier molecular flexibility index (Phi) is 10.4. The van der Waals surface area contributed by atoms with Crippen molar-refractivity contribution in [2.24, 2.45) is 23.5 Å². The van der Waals surface area contributed by atoms with E-state index in [1.54, 1.807) is 29.1 Å². The van der Waals surface area contributed by atoms with E-state index < -0.39 is 17.9 Å². The number of nitrogens with two attached hydrogens (primary N) is 1. The lowest BCUT2D eigenvalue weighted by molar-refractivity contribution is -0.140. The number of hydrogen-bond donors (Lipinski definition) is 5. The molecule has 3 aromatic rings. The second-order valence-corrected chi connectivity index (χ2v) is 12.5. The van der Waals surface area contributed by atoms with Crippen LogP contribution in [-0.4, -0.2) is 83.9 Å². The number of amides is 4. The van der Waals surface area contributed by atoms with Crippen LogP contribution in [-0.2, 0) is 32.0 Å². The highest BCUT2D eigenvalue weighted by atomic mass is 35.5. The number of likely N-dealkylation sites (N-methyl/N-ethyl adjacent to an activating group) is 1. The number of aromatic nitrogens is 1. The van der Waals surface area contributed by atoms with Gasteiger partial charge in [0.2, 0.25) is 17.7 Å². The van der Waals surface area contributed by atoms with E-state index in [1.807, 2.05) is 42.5 Å². The van der Waals surface area contributed by atoms with E-state index in [9.17, 15) is 19.2 Å². The first-order chi connectivity index (χ1) is 22.2. The smallest absolute Gasteiger partial charge is 0.269 e. The van der Waals surface area contributed by atoms with Crippen LogP contribution in [0.15, 0.2) is 66.5 Å². The molecule has 242 valence electrons. The largest absolute Gasteiger partial charge is 0.394 e. The quantitative estimate of drug-likeness (QED) is 0.160. The molecule has 4 amide bonds. The van der Waals surface area contributed by atoms with Gasteiger partial charge in [0.05, 0.1) is 18.0 Å². The molecule has 3 unspecified atom stereocenters. The summed E-state index contributed by atoms with van der Waals surface area (Å²) in [7, 11) is 1.54. The Bertz CT molecular complexity index is 1640. The minimum absolute atomic E-state index is 0.0554. The maximum Gasteiger partial charge on any atom is 0.269 e. The molecule has 2 fully saturated rings. The predicted octanol–water partition coefficient (Wildman–Crippen LogP) is 2.64. The first kappa shape index (κ1) is 32.7. The Balaban J connectivity index is 1.34. The van der Waals surface area contributed by atoms with Crippen LogP contribution in [0.5, 0.6) is 0 Å². The molecule has 2 saturated heterocycles. The molecule has 6 N–H and O–H groups in total. The van der Waals surface area contributed by atoms with E-state index in [4.69, 9.17) is 22.7 Å². The maximum atomic E-state index is 14.0. The van der Waals surface area contributed by atoms with E-state index in [0.717, 1.165) is 34.7 Å². The van der Waals surface area contributed by atoms with Crippen LogP contribution < -0.4 is 16.4 Å². The molecule has 0 saturated carbocycles. The highest BCUT2D eigenvalue weighted by Crippen LogP contribution is 2.36. The fraction of sp³-hybridized carbons (Fsp3) is 0.382. The van der Waals surface area contributed by atoms with Crippen molar-refractivity contribution < 1.29 is 19.2 Å². The number of fused-ring (bicyclic) bond motifs is 2. The van der Waals surface area contributed by atoms with Gasteiger partial charge in [-0.3, -0.25) is 19.2 Å². The van der Waals surface area contributed by atoms with Crippen molar-refractivity contribution in [3.63, 3.8) is 0 Å². The number of carbonyl (C=O) groups is 4. The van der Waals surface area contributed by atoms with Crippen LogP contribution in [0.25, 0.3) is 10.9 Å². The normalized spacial score (nSPS) is 20.2. The third kappa shape index (κ3) is 7.42. The first-order valence-electron chi connectivity index (χ1n) is 15.5. The van der Waals surface area contributed by atoms with Gasteiger partial charge in [-0.2, -0.15) is 0 Å². The van der Waals surface area contributed by atoms with E-state index in [1.165, 1.54) is 6.08 Å². The summed E-state index contributed by atoms with van der Waals surface area (Å²) in [6.45, 7) is 1.16. The summed E-state index contributed by atoms with van der Waals surface area (Å²) in [4.78, 5) is 60.1. The second kappa shape index (κ2) is 14.6. The number of aromatic amines is 1. The third-order valence-electron chi connectivity index (χ3n) is 9.12. The highest BCUT2D eigenvalue weighted by Gasteiger charge is 2.48. The zero-order valence-electron chi connectivity index (χ0n) is 25.8. The van der Waals surface area contributed by atoms with Gasteiger partial charge in [0.1, 0.15) is 6.04 Å². The monoisotopic (exact) mass is 645 g/mol. The minimum Gasteiger partial charge on any atom is -0.394 e. The fourth-order valence-corrected chi connectivity index (χ4v) is 6.89. The summed E-state index contributed by atoms with van der Waals surface area (Å²) in [5.41, 5.74) is 8.67. The van der Waals surface area contributed by atoms with Gasteiger partial charge in [-0.05, 0) is 60.4 Å². The molecule has 11 nitrogen and oxygen atoms in total. The topological polar surface area (TPSA) is 164 Å². The Hall–Kier alpha value is -4.64. The van der Waals surface area contributed by atoms with Gasteiger partial charge in [0.15, 0.2) is 0 Å². The number of halogens is 1. The molecule has 0 radical (unpaired) electrons. The third-order valence-corrected chi connectivity index (χ3v) is 9.35. The van der Waals surface area contributed by atoms with Crippen LogP contribution in [0.4, 0.5) is 0 Å². The van der Waals surface area contributed by atoms with Gasteiger partial charge >= 0.3 is 0 Å². The van der Waals surface area contributed by atoms with Crippen LogP contribution >= 0.6 is 11.6 Å². The van der Waals surface area contributed by atoms with Crippen molar-refractivity contribution >= 4 is 52.3 Å². The molecule has 0 bridgehead atoms. The zero-order chi connectivity index (χ0) is 32.8. The number of H-pyrrole nitrogens is 1. The number of piperidine rings is 1. The molecular weight excluding hydrogens is 606 g/mol. The summed E-state index contributed by atoms with van der Waals surface area (Å²) >= 11 is 6.14. The number of nitrogens with zero attached hydrogens (tertiary/aromatic N) is 2. The molecule has 2 aromatic carbocycles. The van der Waals surface area contributed by atoms with E-state index in [0.29, 0.717) is 31.0 Å². The number of aryl methyl sites for hydroxylation is 1. The molecule has 2 aliphatic rings. The van der Waals surface area contributed by atoms with Crippen molar-refractivity contribution in [3.8, 4) is 0 Å². The molecular formula is C34H40ClN7O4. The lowest BCUT2D eigenvalue weighted by Crippen LogP contribution is -2.56. The number of likely N-dealkylation sites (tertiary alicyclic amines) is 2. The van der Waals surface area contributed by atoms with Crippen molar-refractivity contribution in [3.05, 3.63) is 82.7 Å². The van der Waals surface area contributed by atoms with Gasteiger partial charge in [-0.15, -0.1) is 0 Å². The van der Waals surface area contributed by atoms with Crippen LogP contribution in [0.1, 0.15) is 24.0 Å². The van der Waals surface area contributed by atoms with Crippen molar-refractivity contribution in [1.82, 2.24) is 25.4 Å². The van der Waals surface area contributed by atoms with Gasteiger partial charge in [0, 0.05) is 61.6 Å². The number of nitrogens with one attached hydrogen (secondary N) is 4. The fourth-order valence-electron chi connectivity index (χ4n) is 6.72. The highest BCUT2D eigenvalue weighted by molar-refractivity contribution is 6.31. The molecule has 4 atom stereocenters. The van der Waals surface area contributed by atoms with E-state index in [2.05, 4.69) is 15.6 Å². The Morgan fingerprint density at radius 3 is 2.59 bits per heavy atom. The average Bonchev–Trinajstić information content (AvgIpc) is 3.67. The second-order valence-electron chi connectivity index (χ2n) is 12.1. The summed E-state index contributed by atoms with van der Waals surface area (Å²) in [6.07, 6.45) is 6.04. The van der Waals surface area contributed by atoms with Gasteiger partial charge in [-0.1, -0.05) is 48.0 Å². The van der Waals surface area contributed by atoms with E-state index in [-0.39, 0.29) is 54.8 Å². The summed E-state index contributed by atoms with van der Waals surface area (Å²) in [5.74, 6) is -2.18. The number of hydrogen-bond acceptors (Lipinski definition) is 6. The van der Waals surface area contributed by atoms with Gasteiger partial charge in [0.25, 0.3) is 5.91 Å².